The van der Waals surface area contributed by atoms with E-state index in [-0.39, 0.29) is 43.2 Å². The van der Waals surface area contributed by atoms with Crippen LogP contribution >= 0.6 is 0 Å². The fourth-order valence-corrected chi connectivity index (χ4v) is 5.53. The molecule has 3 aliphatic heterocycles. The standard InChI is InChI=1S/C30H43N5O7/c1-20-5-6-23(17-24(20)35-16-11-25(36)32-28(35)39)41-19-26(37)33-14-9-22(10-15-33)27(38)34-12-7-21(8-13-34)18-31-29(40)42-30(2,3)4/h5-6,17,21-22H,7-16,18-19H2,1-4H3,(H,31,40)(H,32,36,39). The van der Waals surface area contributed by atoms with E-state index in [0.29, 0.717) is 62.9 Å². The minimum Gasteiger partial charge on any atom is -0.484 e. The fourth-order valence-electron chi connectivity index (χ4n) is 5.53. The Kier molecular flexibility index (Phi) is 9.95. The Morgan fingerprint density at radius 3 is 2.29 bits per heavy atom. The molecule has 3 aliphatic rings. The SMILES string of the molecule is Cc1ccc(OCC(=O)N2CCC(C(=O)N3CCC(CNC(=O)OC(C)(C)C)CC3)CC2)cc1N1CCC(=O)NC1=O. The normalized spacial score (nSPS) is 18.9. The first-order valence-electron chi connectivity index (χ1n) is 14.8. The number of rotatable bonds is 7. The number of nitrogens with zero attached hydrogens (tertiary/aromatic N) is 3. The number of carbonyl (C=O) groups excluding carboxylic acids is 5. The number of aryl methyl sites for hydroxylation is 1. The average molecular weight is 586 g/mol. The van der Waals surface area contributed by atoms with Crippen LogP contribution in [0.3, 0.4) is 0 Å². The molecule has 0 unspecified atom stereocenters. The molecule has 1 aromatic rings. The molecule has 0 saturated carbocycles. The molecule has 0 bridgehead atoms. The van der Waals surface area contributed by atoms with Crippen LogP contribution in [0.15, 0.2) is 18.2 Å². The number of carbonyl (C=O) groups is 5. The summed E-state index contributed by atoms with van der Waals surface area (Å²) in [4.78, 5) is 66.8. The lowest BCUT2D eigenvalue weighted by Crippen LogP contribution is -2.49. The van der Waals surface area contributed by atoms with Crippen molar-refractivity contribution in [2.45, 2.75) is 65.4 Å². The number of imide groups is 1. The molecule has 0 aliphatic carbocycles. The Bertz CT molecular complexity index is 1180. The molecule has 0 atom stereocenters. The quantitative estimate of drug-likeness (QED) is 0.502. The minimum atomic E-state index is -0.532. The maximum Gasteiger partial charge on any atom is 0.407 e. The molecule has 3 fully saturated rings. The van der Waals surface area contributed by atoms with Gasteiger partial charge in [0.15, 0.2) is 6.61 Å². The molecule has 6 amide bonds. The zero-order valence-corrected chi connectivity index (χ0v) is 25.1. The molecule has 2 N–H and O–H groups in total. The maximum atomic E-state index is 13.2. The minimum absolute atomic E-state index is 0.103. The zero-order chi connectivity index (χ0) is 30.4. The largest absolute Gasteiger partial charge is 0.484 e. The Labute approximate surface area is 247 Å². The third-order valence-corrected chi connectivity index (χ3v) is 7.94. The number of alkyl carbamates (subject to hydrolysis) is 1. The smallest absolute Gasteiger partial charge is 0.407 e. The molecule has 3 saturated heterocycles. The van der Waals surface area contributed by atoms with E-state index in [0.717, 1.165) is 18.4 Å². The first kappa shape index (κ1) is 31.1. The summed E-state index contributed by atoms with van der Waals surface area (Å²) in [6.07, 6.45) is 2.69. The van der Waals surface area contributed by atoms with E-state index in [4.69, 9.17) is 9.47 Å². The van der Waals surface area contributed by atoms with Crippen molar-refractivity contribution >= 4 is 35.5 Å². The van der Waals surface area contributed by atoms with Crippen LogP contribution in [-0.4, -0.2) is 91.1 Å². The predicted molar refractivity (Wildman–Crippen MR) is 155 cm³/mol. The average Bonchev–Trinajstić information content (AvgIpc) is 2.95. The fraction of sp³-hybridized carbons (Fsp3) is 0.633. The second-order valence-electron chi connectivity index (χ2n) is 12.3. The number of benzene rings is 1. The predicted octanol–water partition coefficient (Wildman–Crippen LogP) is 2.82. The lowest BCUT2D eigenvalue weighted by atomic mass is 9.92. The van der Waals surface area contributed by atoms with Gasteiger partial charge in [0.1, 0.15) is 11.4 Å². The van der Waals surface area contributed by atoms with Crippen LogP contribution in [-0.2, 0) is 19.1 Å². The van der Waals surface area contributed by atoms with E-state index in [1.165, 1.54) is 4.90 Å². The number of likely N-dealkylation sites (tertiary alicyclic amines) is 2. The summed E-state index contributed by atoms with van der Waals surface area (Å²) in [6, 6.07) is 4.80. The van der Waals surface area contributed by atoms with Gasteiger partial charge in [0, 0.05) is 57.7 Å². The van der Waals surface area contributed by atoms with Crippen LogP contribution in [0, 0.1) is 18.8 Å². The van der Waals surface area contributed by atoms with Gasteiger partial charge in [-0.25, -0.2) is 9.59 Å². The molecular weight excluding hydrogens is 542 g/mol. The molecule has 12 heteroatoms. The van der Waals surface area contributed by atoms with Gasteiger partial charge in [-0.1, -0.05) is 6.07 Å². The van der Waals surface area contributed by atoms with Gasteiger partial charge in [0.25, 0.3) is 5.91 Å². The van der Waals surface area contributed by atoms with Crippen molar-refractivity contribution in [3.8, 4) is 5.75 Å². The number of hydrogen-bond acceptors (Lipinski definition) is 7. The second-order valence-corrected chi connectivity index (χ2v) is 12.3. The number of urea groups is 1. The highest BCUT2D eigenvalue weighted by molar-refractivity contribution is 6.06. The molecule has 0 spiro atoms. The van der Waals surface area contributed by atoms with Crippen molar-refractivity contribution < 1.29 is 33.4 Å². The molecule has 0 aromatic heterocycles. The number of piperidine rings is 2. The highest BCUT2D eigenvalue weighted by atomic mass is 16.6. The molecule has 42 heavy (non-hydrogen) atoms. The van der Waals surface area contributed by atoms with Crippen LogP contribution < -0.4 is 20.3 Å². The van der Waals surface area contributed by atoms with Gasteiger partial charge in [0.2, 0.25) is 11.8 Å². The zero-order valence-electron chi connectivity index (χ0n) is 25.1. The molecule has 3 heterocycles. The summed E-state index contributed by atoms with van der Waals surface area (Å²) in [5, 5.41) is 5.15. The van der Waals surface area contributed by atoms with E-state index < -0.39 is 17.7 Å². The Balaban J connectivity index is 1.18. The molecular formula is C30H43N5O7. The van der Waals surface area contributed by atoms with E-state index in [2.05, 4.69) is 10.6 Å². The van der Waals surface area contributed by atoms with Crippen molar-refractivity contribution in [1.82, 2.24) is 20.4 Å². The van der Waals surface area contributed by atoms with Gasteiger partial charge in [-0.05, 0) is 70.9 Å². The number of hydrogen-bond donors (Lipinski definition) is 2. The van der Waals surface area contributed by atoms with Crippen molar-refractivity contribution in [2.75, 3.05) is 50.8 Å². The molecule has 1 aromatic carbocycles. The summed E-state index contributed by atoms with van der Waals surface area (Å²) >= 11 is 0. The molecule has 230 valence electrons. The summed E-state index contributed by atoms with van der Waals surface area (Å²) in [5.74, 6) is 0.366. The molecule has 0 radical (unpaired) electrons. The van der Waals surface area contributed by atoms with E-state index in [1.54, 1.807) is 17.0 Å². The van der Waals surface area contributed by atoms with Crippen LogP contribution in [0.5, 0.6) is 5.75 Å². The van der Waals surface area contributed by atoms with Gasteiger partial charge in [-0.3, -0.25) is 24.6 Å². The van der Waals surface area contributed by atoms with Gasteiger partial charge in [0.05, 0.1) is 5.69 Å². The molecule has 4 rings (SSSR count). The van der Waals surface area contributed by atoms with Gasteiger partial charge in [-0.15, -0.1) is 0 Å². The Morgan fingerprint density at radius 2 is 1.64 bits per heavy atom. The summed E-state index contributed by atoms with van der Waals surface area (Å²) in [6.45, 7) is 10.4. The Hall–Kier alpha value is -3.83. The van der Waals surface area contributed by atoms with Crippen LogP contribution in [0.4, 0.5) is 15.3 Å². The lowest BCUT2D eigenvalue weighted by Gasteiger charge is -2.37. The van der Waals surface area contributed by atoms with E-state index in [1.807, 2.05) is 38.7 Å². The Morgan fingerprint density at radius 1 is 0.976 bits per heavy atom. The summed E-state index contributed by atoms with van der Waals surface area (Å²) in [5.41, 5.74) is 0.954. The van der Waals surface area contributed by atoms with Crippen molar-refractivity contribution in [3.05, 3.63) is 23.8 Å². The first-order valence-corrected chi connectivity index (χ1v) is 14.8. The van der Waals surface area contributed by atoms with Crippen molar-refractivity contribution in [2.24, 2.45) is 11.8 Å². The number of nitrogens with one attached hydrogen (secondary N) is 2. The van der Waals surface area contributed by atoms with Crippen molar-refractivity contribution in [1.29, 1.82) is 0 Å². The number of anilines is 1. The third kappa shape index (κ3) is 8.36. The van der Waals surface area contributed by atoms with Gasteiger partial charge < -0.3 is 24.6 Å². The van der Waals surface area contributed by atoms with Crippen molar-refractivity contribution in [3.63, 3.8) is 0 Å². The van der Waals surface area contributed by atoms with E-state index in [9.17, 15) is 24.0 Å². The highest BCUT2D eigenvalue weighted by Crippen LogP contribution is 2.28. The third-order valence-electron chi connectivity index (χ3n) is 7.94. The number of amides is 6. The number of ether oxygens (including phenoxy) is 2. The van der Waals surface area contributed by atoms with Crippen LogP contribution in [0.2, 0.25) is 0 Å². The summed E-state index contributed by atoms with van der Waals surface area (Å²) in [7, 11) is 0. The van der Waals surface area contributed by atoms with Gasteiger partial charge >= 0.3 is 12.1 Å². The maximum absolute atomic E-state index is 13.2. The van der Waals surface area contributed by atoms with Crippen LogP contribution in [0.1, 0.15) is 58.4 Å². The van der Waals surface area contributed by atoms with E-state index >= 15 is 0 Å². The summed E-state index contributed by atoms with van der Waals surface area (Å²) < 4.78 is 11.1. The topological polar surface area (TPSA) is 138 Å². The molecule has 12 nitrogen and oxygen atoms in total. The first-order chi connectivity index (χ1) is 19.9. The monoisotopic (exact) mass is 585 g/mol. The van der Waals surface area contributed by atoms with Crippen LogP contribution in [0.25, 0.3) is 0 Å². The lowest BCUT2D eigenvalue weighted by molar-refractivity contribution is -0.142. The highest BCUT2D eigenvalue weighted by Gasteiger charge is 2.32. The second kappa shape index (κ2) is 13.4. The van der Waals surface area contributed by atoms with Gasteiger partial charge in [-0.2, -0.15) is 0 Å².